The Morgan fingerprint density at radius 2 is 2.15 bits per heavy atom. The zero-order valence-corrected chi connectivity index (χ0v) is 13.2. The SMILES string of the molecule is CC(C)NC(=O)N1CCCC(CSc2ccccc2)C1. The molecule has 110 valence electrons. The molecule has 0 spiro atoms. The summed E-state index contributed by atoms with van der Waals surface area (Å²) in [5, 5.41) is 2.99. The van der Waals surface area contributed by atoms with Crippen LogP contribution in [0.4, 0.5) is 4.79 Å². The predicted octanol–water partition coefficient (Wildman–Crippen LogP) is 3.61. The highest BCUT2D eigenvalue weighted by atomic mass is 32.2. The zero-order chi connectivity index (χ0) is 14.4. The Hall–Kier alpha value is -1.16. The number of nitrogens with one attached hydrogen (secondary N) is 1. The molecular formula is C16H24N2OS. The molecule has 1 aromatic carbocycles. The molecule has 1 N–H and O–H groups in total. The Balaban J connectivity index is 1.80. The van der Waals surface area contributed by atoms with Gasteiger partial charge in [-0.25, -0.2) is 4.79 Å². The maximum absolute atomic E-state index is 12.0. The summed E-state index contributed by atoms with van der Waals surface area (Å²) in [5.41, 5.74) is 0. The van der Waals surface area contributed by atoms with Gasteiger partial charge < -0.3 is 10.2 Å². The topological polar surface area (TPSA) is 32.3 Å². The van der Waals surface area contributed by atoms with Crippen LogP contribution in [-0.2, 0) is 0 Å². The van der Waals surface area contributed by atoms with E-state index in [4.69, 9.17) is 0 Å². The van der Waals surface area contributed by atoms with Crippen LogP contribution < -0.4 is 5.32 Å². The molecular weight excluding hydrogens is 268 g/mol. The first-order valence-electron chi connectivity index (χ1n) is 7.38. The molecule has 1 heterocycles. The van der Waals surface area contributed by atoms with E-state index in [9.17, 15) is 4.79 Å². The molecule has 1 aromatic rings. The monoisotopic (exact) mass is 292 g/mol. The normalized spacial score (nSPS) is 19.1. The van der Waals surface area contributed by atoms with Crippen LogP contribution in [0, 0.1) is 5.92 Å². The number of benzene rings is 1. The Morgan fingerprint density at radius 3 is 2.85 bits per heavy atom. The molecule has 1 aliphatic rings. The zero-order valence-electron chi connectivity index (χ0n) is 12.3. The van der Waals surface area contributed by atoms with Gasteiger partial charge in [-0.1, -0.05) is 18.2 Å². The molecule has 1 saturated heterocycles. The Labute approximate surface area is 126 Å². The third-order valence-corrected chi connectivity index (χ3v) is 4.69. The second-order valence-electron chi connectivity index (χ2n) is 5.68. The van der Waals surface area contributed by atoms with Crippen molar-refractivity contribution in [2.45, 2.75) is 37.6 Å². The second-order valence-corrected chi connectivity index (χ2v) is 6.78. The smallest absolute Gasteiger partial charge is 0.317 e. The third-order valence-electron chi connectivity index (χ3n) is 3.45. The van der Waals surface area contributed by atoms with Crippen molar-refractivity contribution in [1.82, 2.24) is 10.2 Å². The Bertz CT molecular complexity index is 422. The molecule has 1 fully saturated rings. The largest absolute Gasteiger partial charge is 0.336 e. The van der Waals surface area contributed by atoms with Crippen molar-refractivity contribution < 1.29 is 4.79 Å². The molecule has 1 unspecified atom stereocenters. The van der Waals surface area contributed by atoms with Crippen LogP contribution >= 0.6 is 11.8 Å². The fraction of sp³-hybridized carbons (Fsp3) is 0.562. The van der Waals surface area contributed by atoms with Gasteiger partial charge in [-0.3, -0.25) is 0 Å². The third kappa shape index (κ3) is 4.75. The van der Waals surface area contributed by atoms with Crippen molar-refractivity contribution in [2.75, 3.05) is 18.8 Å². The van der Waals surface area contributed by atoms with E-state index in [1.807, 2.05) is 36.6 Å². The first kappa shape index (κ1) is 15.2. The summed E-state index contributed by atoms with van der Waals surface area (Å²) in [5.74, 6) is 1.70. The first-order chi connectivity index (χ1) is 9.65. The fourth-order valence-corrected chi connectivity index (χ4v) is 3.50. The van der Waals surface area contributed by atoms with Crippen LogP contribution in [0.2, 0.25) is 0 Å². The lowest BCUT2D eigenvalue weighted by atomic mass is 10.0. The van der Waals surface area contributed by atoms with Gasteiger partial charge in [0.15, 0.2) is 0 Å². The minimum atomic E-state index is 0.0920. The molecule has 0 bridgehead atoms. The van der Waals surface area contributed by atoms with E-state index in [1.165, 1.54) is 11.3 Å². The number of piperidine rings is 1. The highest BCUT2D eigenvalue weighted by Gasteiger charge is 2.23. The lowest BCUT2D eigenvalue weighted by Crippen LogP contribution is -2.47. The lowest BCUT2D eigenvalue weighted by molar-refractivity contribution is 0.168. The van der Waals surface area contributed by atoms with Gasteiger partial charge in [0.05, 0.1) is 0 Å². The number of rotatable bonds is 4. The summed E-state index contributed by atoms with van der Waals surface area (Å²) < 4.78 is 0. The molecule has 1 atom stereocenters. The Morgan fingerprint density at radius 1 is 1.40 bits per heavy atom. The average molecular weight is 292 g/mol. The van der Waals surface area contributed by atoms with E-state index in [-0.39, 0.29) is 12.1 Å². The van der Waals surface area contributed by atoms with Crippen LogP contribution in [0.15, 0.2) is 35.2 Å². The standard InChI is InChI=1S/C16H24N2OS/c1-13(2)17-16(19)18-10-6-7-14(11-18)12-20-15-8-4-3-5-9-15/h3-5,8-9,13-14H,6-7,10-12H2,1-2H3,(H,17,19). The molecule has 0 aromatic heterocycles. The maximum Gasteiger partial charge on any atom is 0.317 e. The van der Waals surface area contributed by atoms with Crippen molar-refractivity contribution in [1.29, 1.82) is 0 Å². The quantitative estimate of drug-likeness (QED) is 0.860. The number of hydrogen-bond acceptors (Lipinski definition) is 2. The van der Waals surface area contributed by atoms with Gasteiger partial charge in [0.25, 0.3) is 0 Å². The van der Waals surface area contributed by atoms with Crippen molar-refractivity contribution in [3.63, 3.8) is 0 Å². The van der Waals surface area contributed by atoms with E-state index < -0.39 is 0 Å². The molecule has 0 saturated carbocycles. The molecule has 2 rings (SSSR count). The molecule has 3 nitrogen and oxygen atoms in total. The number of hydrogen-bond donors (Lipinski definition) is 1. The number of amides is 2. The second kappa shape index (κ2) is 7.58. The van der Waals surface area contributed by atoms with E-state index in [1.54, 1.807) is 0 Å². The maximum atomic E-state index is 12.0. The highest BCUT2D eigenvalue weighted by Crippen LogP contribution is 2.25. The molecule has 0 radical (unpaired) electrons. The highest BCUT2D eigenvalue weighted by molar-refractivity contribution is 7.99. The van der Waals surface area contributed by atoms with Crippen molar-refractivity contribution >= 4 is 17.8 Å². The van der Waals surface area contributed by atoms with Crippen LogP contribution in [0.3, 0.4) is 0 Å². The molecule has 4 heteroatoms. The van der Waals surface area contributed by atoms with E-state index in [0.29, 0.717) is 5.92 Å². The number of carbonyl (C=O) groups excluding carboxylic acids is 1. The molecule has 1 aliphatic heterocycles. The summed E-state index contributed by atoms with van der Waals surface area (Å²) in [6.45, 7) is 5.79. The van der Waals surface area contributed by atoms with Crippen LogP contribution in [0.25, 0.3) is 0 Å². The summed E-state index contributed by atoms with van der Waals surface area (Å²) >= 11 is 1.90. The van der Waals surface area contributed by atoms with Crippen LogP contribution in [-0.4, -0.2) is 35.8 Å². The average Bonchev–Trinajstić information content (AvgIpc) is 2.46. The lowest BCUT2D eigenvalue weighted by Gasteiger charge is -2.33. The van der Waals surface area contributed by atoms with Gasteiger partial charge in [-0.2, -0.15) is 0 Å². The van der Waals surface area contributed by atoms with Crippen molar-refractivity contribution in [3.8, 4) is 0 Å². The Kier molecular flexibility index (Phi) is 5.77. The van der Waals surface area contributed by atoms with Crippen LogP contribution in [0.1, 0.15) is 26.7 Å². The number of likely N-dealkylation sites (tertiary alicyclic amines) is 1. The fourth-order valence-electron chi connectivity index (χ4n) is 2.45. The molecule has 0 aliphatic carbocycles. The van der Waals surface area contributed by atoms with Crippen molar-refractivity contribution in [2.24, 2.45) is 5.92 Å². The van der Waals surface area contributed by atoms with Gasteiger partial charge in [-0.05, 0) is 44.7 Å². The number of carbonyl (C=O) groups is 1. The van der Waals surface area contributed by atoms with E-state index in [0.717, 1.165) is 25.3 Å². The van der Waals surface area contributed by atoms with Gasteiger partial charge in [0, 0.05) is 29.8 Å². The summed E-state index contributed by atoms with van der Waals surface area (Å²) in [6.07, 6.45) is 2.34. The van der Waals surface area contributed by atoms with E-state index >= 15 is 0 Å². The summed E-state index contributed by atoms with van der Waals surface area (Å²) in [7, 11) is 0. The predicted molar refractivity (Wildman–Crippen MR) is 85.1 cm³/mol. The number of urea groups is 1. The van der Waals surface area contributed by atoms with Crippen molar-refractivity contribution in [3.05, 3.63) is 30.3 Å². The minimum Gasteiger partial charge on any atom is -0.336 e. The van der Waals surface area contributed by atoms with Gasteiger partial charge in [0.1, 0.15) is 0 Å². The summed E-state index contributed by atoms with van der Waals surface area (Å²) in [4.78, 5) is 15.3. The van der Waals surface area contributed by atoms with E-state index in [2.05, 4.69) is 29.6 Å². The summed E-state index contributed by atoms with van der Waals surface area (Å²) in [6, 6.07) is 10.8. The van der Waals surface area contributed by atoms with Gasteiger partial charge in [-0.15, -0.1) is 11.8 Å². The number of thioether (sulfide) groups is 1. The minimum absolute atomic E-state index is 0.0920. The van der Waals surface area contributed by atoms with Crippen LogP contribution in [0.5, 0.6) is 0 Å². The molecule has 2 amide bonds. The van der Waals surface area contributed by atoms with Gasteiger partial charge >= 0.3 is 6.03 Å². The first-order valence-corrected chi connectivity index (χ1v) is 8.37. The van der Waals surface area contributed by atoms with Gasteiger partial charge in [0.2, 0.25) is 0 Å². The number of nitrogens with zero attached hydrogens (tertiary/aromatic N) is 1. The molecule has 20 heavy (non-hydrogen) atoms.